The van der Waals surface area contributed by atoms with E-state index >= 15 is 0 Å². The number of thiophene rings is 1. The lowest BCUT2D eigenvalue weighted by molar-refractivity contribution is 0.660. The molecule has 11 rings (SSSR count). The topological polar surface area (TPSA) is 30.7 Å². The van der Waals surface area contributed by atoms with E-state index in [-0.39, 0.29) is 5.41 Å². The number of aromatic nitrogens is 3. The molecular formula is C45H29N3S. The molecule has 0 saturated carbocycles. The largest absolute Gasteiger partial charge is 0.291 e. The summed E-state index contributed by atoms with van der Waals surface area (Å²) in [6.07, 6.45) is 0. The molecule has 4 heteroatoms. The normalized spacial score (nSPS) is 13.7. The molecule has 3 aromatic heterocycles. The zero-order valence-electron chi connectivity index (χ0n) is 27.0. The van der Waals surface area contributed by atoms with Gasteiger partial charge in [-0.05, 0) is 64.0 Å². The van der Waals surface area contributed by atoms with Crippen molar-refractivity contribution in [3.63, 3.8) is 0 Å². The molecule has 1 aliphatic carbocycles. The van der Waals surface area contributed by atoms with E-state index in [4.69, 9.17) is 9.97 Å². The SMILES string of the molecule is CC1(C)c2ccccc2-c2ccc(-c3nc4ccccc4nc3-n3c4cc5sc6ccccc6c5cc4c4ccc5ccccc5c43)cc21. The summed E-state index contributed by atoms with van der Waals surface area (Å²) in [4.78, 5) is 10.9. The minimum absolute atomic E-state index is 0.123. The van der Waals surface area contributed by atoms with Crippen LogP contribution in [0.2, 0.25) is 0 Å². The van der Waals surface area contributed by atoms with Crippen molar-refractivity contribution in [2.24, 2.45) is 0 Å². The summed E-state index contributed by atoms with van der Waals surface area (Å²) in [5, 5.41) is 7.46. The summed E-state index contributed by atoms with van der Waals surface area (Å²) in [5.74, 6) is 0.851. The Labute approximate surface area is 286 Å². The van der Waals surface area contributed by atoms with Gasteiger partial charge in [-0.15, -0.1) is 11.3 Å². The van der Waals surface area contributed by atoms with Gasteiger partial charge in [0, 0.05) is 47.3 Å². The Morgan fingerprint density at radius 1 is 0.531 bits per heavy atom. The van der Waals surface area contributed by atoms with Crippen molar-refractivity contribution in [3.05, 3.63) is 151 Å². The average Bonchev–Trinajstić information content (AvgIpc) is 3.75. The second-order valence-corrected chi connectivity index (χ2v) is 14.9. The van der Waals surface area contributed by atoms with Crippen LogP contribution in [0.25, 0.3) is 92.0 Å². The van der Waals surface area contributed by atoms with Crippen LogP contribution in [-0.2, 0) is 5.41 Å². The maximum absolute atomic E-state index is 5.50. The zero-order chi connectivity index (χ0) is 32.4. The third kappa shape index (κ3) is 3.67. The van der Waals surface area contributed by atoms with Gasteiger partial charge in [-0.2, -0.15) is 0 Å². The van der Waals surface area contributed by atoms with Crippen LogP contribution in [0.1, 0.15) is 25.0 Å². The van der Waals surface area contributed by atoms with E-state index in [2.05, 4.69) is 158 Å². The molecule has 0 unspecified atom stereocenters. The summed E-state index contributed by atoms with van der Waals surface area (Å²) >= 11 is 1.85. The van der Waals surface area contributed by atoms with E-state index in [1.54, 1.807) is 0 Å². The molecule has 0 amide bonds. The summed E-state index contributed by atoms with van der Waals surface area (Å²) < 4.78 is 4.98. The van der Waals surface area contributed by atoms with Crippen LogP contribution in [0.5, 0.6) is 0 Å². The maximum atomic E-state index is 5.50. The first-order chi connectivity index (χ1) is 24.0. The van der Waals surface area contributed by atoms with Crippen LogP contribution in [-0.4, -0.2) is 14.5 Å². The molecule has 0 N–H and O–H groups in total. The van der Waals surface area contributed by atoms with E-state index in [1.807, 2.05) is 11.3 Å². The number of nitrogens with zero attached hydrogens (tertiary/aromatic N) is 3. The number of benzene rings is 7. The Balaban J connectivity index is 1.29. The fraction of sp³-hybridized carbons (Fsp3) is 0.0667. The first kappa shape index (κ1) is 27.1. The molecule has 10 aromatic rings. The van der Waals surface area contributed by atoms with Crippen molar-refractivity contribution in [2.75, 3.05) is 0 Å². The second-order valence-electron chi connectivity index (χ2n) is 13.8. The van der Waals surface area contributed by atoms with Crippen LogP contribution >= 0.6 is 11.3 Å². The highest BCUT2D eigenvalue weighted by Gasteiger charge is 2.35. The Bertz CT molecular complexity index is 3030. The molecule has 0 bridgehead atoms. The number of rotatable bonds is 2. The van der Waals surface area contributed by atoms with Gasteiger partial charge in [-0.1, -0.05) is 117 Å². The zero-order valence-corrected chi connectivity index (χ0v) is 27.8. The van der Waals surface area contributed by atoms with Crippen LogP contribution in [0.15, 0.2) is 140 Å². The molecule has 7 aromatic carbocycles. The Kier molecular flexibility index (Phi) is 5.33. The number of hydrogen-bond donors (Lipinski definition) is 0. The summed E-state index contributed by atoms with van der Waals surface area (Å²) in [6.45, 7) is 4.67. The van der Waals surface area contributed by atoms with E-state index in [0.717, 1.165) is 39.1 Å². The monoisotopic (exact) mass is 643 g/mol. The van der Waals surface area contributed by atoms with Gasteiger partial charge in [-0.3, -0.25) is 4.57 Å². The fourth-order valence-corrected chi connectivity index (χ4v) is 9.53. The average molecular weight is 644 g/mol. The first-order valence-electron chi connectivity index (χ1n) is 16.8. The predicted molar refractivity (Wildman–Crippen MR) is 207 cm³/mol. The number of fused-ring (bicyclic) bond motifs is 12. The molecule has 0 aliphatic heterocycles. The van der Waals surface area contributed by atoms with Gasteiger partial charge in [-0.25, -0.2) is 9.97 Å². The lowest BCUT2D eigenvalue weighted by Crippen LogP contribution is -2.15. The van der Waals surface area contributed by atoms with Gasteiger partial charge in [0.2, 0.25) is 0 Å². The fourth-order valence-electron chi connectivity index (χ4n) is 8.41. The lowest BCUT2D eigenvalue weighted by atomic mass is 9.82. The second kappa shape index (κ2) is 9.62. The standard InChI is InChI=1S/C45H29N3S/c1-45(2)35-15-7-5-13-29(35)30-21-20-27(23-36(30)45)42-44(47-38-17-9-8-16-37(38)46-42)48-39-25-41-34(31-14-6-10-18-40(31)49-41)24-33(39)32-22-19-26-11-3-4-12-28(26)43(32)48/h3-25H,1-2H3. The van der Waals surface area contributed by atoms with E-state index < -0.39 is 0 Å². The van der Waals surface area contributed by atoms with Crippen molar-refractivity contribution in [2.45, 2.75) is 19.3 Å². The minimum atomic E-state index is -0.123. The Morgan fingerprint density at radius 2 is 1.27 bits per heavy atom. The van der Waals surface area contributed by atoms with E-state index in [0.29, 0.717) is 0 Å². The maximum Gasteiger partial charge on any atom is 0.165 e. The van der Waals surface area contributed by atoms with Crippen molar-refractivity contribution < 1.29 is 0 Å². The summed E-state index contributed by atoms with van der Waals surface area (Å²) in [5.41, 5.74) is 11.2. The van der Waals surface area contributed by atoms with Crippen molar-refractivity contribution >= 4 is 75.1 Å². The Morgan fingerprint density at radius 3 is 2.16 bits per heavy atom. The Hall–Kier alpha value is -5.84. The first-order valence-corrected chi connectivity index (χ1v) is 17.7. The third-order valence-electron chi connectivity index (χ3n) is 10.8. The molecule has 0 radical (unpaired) electrons. The van der Waals surface area contributed by atoms with Gasteiger partial charge >= 0.3 is 0 Å². The van der Waals surface area contributed by atoms with Gasteiger partial charge in [0.25, 0.3) is 0 Å². The van der Waals surface area contributed by atoms with Gasteiger partial charge in [0.15, 0.2) is 5.82 Å². The quantitative estimate of drug-likeness (QED) is 0.188. The molecule has 3 heterocycles. The molecule has 3 nitrogen and oxygen atoms in total. The smallest absolute Gasteiger partial charge is 0.165 e. The molecule has 0 fully saturated rings. The van der Waals surface area contributed by atoms with Crippen molar-refractivity contribution in [1.29, 1.82) is 0 Å². The summed E-state index contributed by atoms with van der Waals surface area (Å²) in [6, 6.07) is 50.8. The molecule has 1 aliphatic rings. The number of para-hydroxylation sites is 2. The highest BCUT2D eigenvalue weighted by atomic mass is 32.1. The minimum Gasteiger partial charge on any atom is -0.291 e. The van der Waals surface area contributed by atoms with Crippen LogP contribution in [0, 0.1) is 0 Å². The van der Waals surface area contributed by atoms with E-state index in [9.17, 15) is 0 Å². The van der Waals surface area contributed by atoms with Gasteiger partial charge < -0.3 is 0 Å². The van der Waals surface area contributed by atoms with Crippen LogP contribution in [0.4, 0.5) is 0 Å². The number of hydrogen-bond acceptors (Lipinski definition) is 3. The highest BCUT2D eigenvalue weighted by molar-refractivity contribution is 7.25. The van der Waals surface area contributed by atoms with Crippen molar-refractivity contribution in [3.8, 4) is 28.2 Å². The molecule has 0 atom stereocenters. The van der Waals surface area contributed by atoms with Crippen LogP contribution in [0.3, 0.4) is 0 Å². The third-order valence-corrected chi connectivity index (χ3v) is 11.9. The molecule has 0 spiro atoms. The van der Waals surface area contributed by atoms with E-state index in [1.165, 1.54) is 64.0 Å². The summed E-state index contributed by atoms with van der Waals surface area (Å²) in [7, 11) is 0. The highest BCUT2D eigenvalue weighted by Crippen LogP contribution is 2.50. The molecule has 49 heavy (non-hydrogen) atoms. The lowest BCUT2D eigenvalue weighted by Gasteiger charge is -2.22. The van der Waals surface area contributed by atoms with Crippen molar-refractivity contribution in [1.82, 2.24) is 14.5 Å². The molecular weight excluding hydrogens is 615 g/mol. The molecule has 230 valence electrons. The van der Waals surface area contributed by atoms with Gasteiger partial charge in [0.1, 0.15) is 5.69 Å². The predicted octanol–water partition coefficient (Wildman–Crippen LogP) is 12.2. The molecule has 0 saturated heterocycles. The van der Waals surface area contributed by atoms with Crippen LogP contribution < -0.4 is 0 Å². The van der Waals surface area contributed by atoms with Gasteiger partial charge in [0.05, 0.1) is 22.1 Å².